The number of piperidine rings is 1. The number of hydrogen-bond acceptors (Lipinski definition) is 2. The van der Waals surface area contributed by atoms with Crippen LogP contribution in [-0.2, 0) is 0 Å². The Morgan fingerprint density at radius 2 is 1.88 bits per heavy atom. The van der Waals surface area contributed by atoms with Gasteiger partial charge in [-0.15, -0.1) is 0 Å². The van der Waals surface area contributed by atoms with Crippen molar-refractivity contribution in [3.63, 3.8) is 0 Å². The third kappa shape index (κ3) is 3.22. The number of likely N-dealkylation sites (tertiary alicyclic amines) is 1. The van der Waals surface area contributed by atoms with Crippen molar-refractivity contribution in [3.8, 4) is 5.75 Å². The summed E-state index contributed by atoms with van der Waals surface area (Å²) in [5.74, 6) is 1.58. The van der Waals surface area contributed by atoms with E-state index in [9.17, 15) is 0 Å². The average Bonchev–Trinajstić information content (AvgIpc) is 2.33. The fraction of sp³-hybridized carbons (Fsp3) is 0.429. The van der Waals surface area contributed by atoms with E-state index in [4.69, 9.17) is 10.1 Å². The lowest BCUT2D eigenvalue weighted by molar-refractivity contribution is 0.130. The molecule has 1 fully saturated rings. The maximum absolute atomic E-state index is 7.58. The van der Waals surface area contributed by atoms with Crippen molar-refractivity contribution < 1.29 is 4.74 Å². The van der Waals surface area contributed by atoms with Gasteiger partial charge in [0.1, 0.15) is 11.9 Å². The molecule has 0 aromatic heterocycles. The molecule has 1 aromatic carbocycles. The maximum atomic E-state index is 7.58. The highest BCUT2D eigenvalue weighted by Crippen LogP contribution is 2.19. The number of amidine groups is 1. The molecule has 1 radical (unpaired) electrons. The van der Waals surface area contributed by atoms with Crippen molar-refractivity contribution in [1.82, 2.24) is 4.90 Å². The Morgan fingerprint density at radius 1 is 1.29 bits per heavy atom. The van der Waals surface area contributed by atoms with Gasteiger partial charge in [-0.1, -0.05) is 12.1 Å². The van der Waals surface area contributed by atoms with Gasteiger partial charge in [-0.05, 0) is 31.5 Å². The molecule has 0 amide bonds. The van der Waals surface area contributed by atoms with Crippen LogP contribution >= 0.6 is 0 Å². The number of nitrogens with zero attached hydrogens (tertiary/aromatic N) is 1. The van der Waals surface area contributed by atoms with E-state index < -0.39 is 0 Å². The summed E-state index contributed by atoms with van der Waals surface area (Å²) in [6, 6.07) is 7.87. The highest BCUT2D eigenvalue weighted by atomic mass is 16.5. The van der Waals surface area contributed by atoms with Crippen LogP contribution < -0.4 is 4.74 Å². The fourth-order valence-corrected chi connectivity index (χ4v) is 2.07. The van der Waals surface area contributed by atoms with E-state index in [1.54, 1.807) is 0 Å². The van der Waals surface area contributed by atoms with Crippen LogP contribution in [0.4, 0.5) is 0 Å². The summed E-state index contributed by atoms with van der Waals surface area (Å²) in [6.07, 6.45) is 2.26. The highest BCUT2D eigenvalue weighted by Gasteiger charge is 2.20. The van der Waals surface area contributed by atoms with Crippen molar-refractivity contribution in [2.45, 2.75) is 25.9 Å². The molecule has 3 nitrogen and oxygen atoms in total. The Balaban J connectivity index is 1.85. The topological polar surface area (TPSA) is 36.3 Å². The molecule has 0 aliphatic carbocycles. The van der Waals surface area contributed by atoms with Crippen LogP contribution in [0.1, 0.15) is 25.3 Å². The Morgan fingerprint density at radius 3 is 2.41 bits per heavy atom. The Bertz CT molecular complexity index is 378. The zero-order chi connectivity index (χ0) is 12.3. The number of ether oxygens (including phenoxy) is 1. The van der Waals surface area contributed by atoms with Crippen LogP contribution in [0.3, 0.4) is 0 Å². The van der Waals surface area contributed by atoms with E-state index >= 15 is 0 Å². The monoisotopic (exact) mass is 231 g/mol. The molecule has 17 heavy (non-hydrogen) atoms. The fourth-order valence-electron chi connectivity index (χ4n) is 2.07. The van der Waals surface area contributed by atoms with Gasteiger partial charge in [-0.2, -0.15) is 0 Å². The molecule has 0 bridgehead atoms. The molecule has 0 atom stereocenters. The molecule has 0 saturated carbocycles. The van der Waals surface area contributed by atoms with Gasteiger partial charge in [0.25, 0.3) is 0 Å². The second-order valence-electron chi connectivity index (χ2n) is 4.53. The zero-order valence-corrected chi connectivity index (χ0v) is 10.3. The molecular weight excluding hydrogens is 212 g/mol. The van der Waals surface area contributed by atoms with E-state index in [1.165, 1.54) is 0 Å². The van der Waals surface area contributed by atoms with Crippen molar-refractivity contribution in [3.05, 3.63) is 36.8 Å². The molecule has 1 aliphatic heterocycles. The minimum absolute atomic E-state index is 0.279. The zero-order valence-electron chi connectivity index (χ0n) is 10.3. The second-order valence-corrected chi connectivity index (χ2v) is 4.53. The number of benzene rings is 1. The molecular formula is C14H19N2O. The van der Waals surface area contributed by atoms with Crippen LogP contribution in [0.2, 0.25) is 0 Å². The van der Waals surface area contributed by atoms with E-state index in [0.29, 0.717) is 5.84 Å². The number of hydrogen-bond donors (Lipinski definition) is 1. The predicted molar refractivity (Wildman–Crippen MR) is 69.5 cm³/mol. The first-order valence-electron chi connectivity index (χ1n) is 6.04. The molecule has 1 heterocycles. The Kier molecular flexibility index (Phi) is 3.67. The highest BCUT2D eigenvalue weighted by molar-refractivity contribution is 5.76. The predicted octanol–water partition coefficient (Wildman–Crippen LogP) is 2.71. The first-order valence-corrected chi connectivity index (χ1v) is 6.04. The standard InChI is InChI=1S/C14H19N2O/c1-11-3-5-13(6-4-11)17-14-7-9-16(10-8-14)12(2)15/h3-6,14-15H,1,7-10H2,2H3. The number of nitrogens with one attached hydrogen (secondary N) is 1. The van der Waals surface area contributed by atoms with Crippen LogP contribution in [0.25, 0.3) is 0 Å². The van der Waals surface area contributed by atoms with Crippen LogP contribution in [0.5, 0.6) is 5.75 Å². The summed E-state index contributed by atoms with van der Waals surface area (Å²) in [5, 5.41) is 7.58. The first kappa shape index (κ1) is 12.0. The summed E-state index contributed by atoms with van der Waals surface area (Å²) in [5.41, 5.74) is 1.01. The van der Waals surface area contributed by atoms with Crippen LogP contribution in [0.15, 0.2) is 24.3 Å². The summed E-state index contributed by atoms with van der Waals surface area (Å²) in [4.78, 5) is 2.10. The van der Waals surface area contributed by atoms with Gasteiger partial charge in [0.2, 0.25) is 0 Å². The van der Waals surface area contributed by atoms with E-state index in [2.05, 4.69) is 11.8 Å². The van der Waals surface area contributed by atoms with Gasteiger partial charge >= 0.3 is 0 Å². The average molecular weight is 231 g/mol. The van der Waals surface area contributed by atoms with E-state index in [1.807, 2.05) is 31.2 Å². The lowest BCUT2D eigenvalue weighted by Gasteiger charge is -2.32. The minimum Gasteiger partial charge on any atom is -0.490 e. The molecule has 2 rings (SSSR count). The van der Waals surface area contributed by atoms with Crippen molar-refractivity contribution in [1.29, 1.82) is 5.41 Å². The summed E-state index contributed by atoms with van der Waals surface area (Å²) in [7, 11) is 0. The maximum Gasteiger partial charge on any atom is 0.119 e. The molecule has 1 aliphatic rings. The molecule has 91 valence electrons. The van der Waals surface area contributed by atoms with Crippen molar-refractivity contribution in [2.24, 2.45) is 0 Å². The van der Waals surface area contributed by atoms with Crippen LogP contribution in [-0.4, -0.2) is 29.9 Å². The molecule has 0 spiro atoms. The quantitative estimate of drug-likeness (QED) is 0.627. The summed E-state index contributed by atoms with van der Waals surface area (Å²) >= 11 is 0. The summed E-state index contributed by atoms with van der Waals surface area (Å²) < 4.78 is 5.91. The third-order valence-electron chi connectivity index (χ3n) is 3.14. The van der Waals surface area contributed by atoms with Gasteiger partial charge in [0.05, 0.1) is 5.84 Å². The van der Waals surface area contributed by atoms with Gasteiger partial charge in [0, 0.05) is 25.9 Å². The smallest absolute Gasteiger partial charge is 0.119 e. The molecule has 0 unspecified atom stereocenters. The van der Waals surface area contributed by atoms with Gasteiger partial charge < -0.3 is 9.64 Å². The molecule has 1 N–H and O–H groups in total. The number of rotatable bonds is 2. The van der Waals surface area contributed by atoms with Crippen molar-refractivity contribution in [2.75, 3.05) is 13.1 Å². The van der Waals surface area contributed by atoms with Crippen LogP contribution in [0, 0.1) is 12.3 Å². The van der Waals surface area contributed by atoms with Gasteiger partial charge in [0.15, 0.2) is 0 Å². The second kappa shape index (κ2) is 5.21. The molecule has 3 heteroatoms. The summed E-state index contributed by atoms with van der Waals surface area (Å²) in [6.45, 7) is 7.54. The lowest BCUT2D eigenvalue weighted by atomic mass is 10.1. The van der Waals surface area contributed by atoms with E-state index in [-0.39, 0.29) is 6.10 Å². The molecule has 1 aromatic rings. The van der Waals surface area contributed by atoms with E-state index in [0.717, 1.165) is 37.2 Å². The first-order chi connectivity index (χ1) is 8.15. The SMILES string of the molecule is [CH2]c1ccc(OC2CCN(C(C)=N)CC2)cc1. The Hall–Kier alpha value is -1.51. The molecule has 1 saturated heterocycles. The normalized spacial score (nSPS) is 16.9. The lowest BCUT2D eigenvalue weighted by Crippen LogP contribution is -2.40. The largest absolute Gasteiger partial charge is 0.490 e. The minimum atomic E-state index is 0.279. The van der Waals surface area contributed by atoms with Gasteiger partial charge in [-0.3, -0.25) is 5.41 Å². The third-order valence-corrected chi connectivity index (χ3v) is 3.14. The van der Waals surface area contributed by atoms with Crippen molar-refractivity contribution >= 4 is 5.84 Å². The Labute approximate surface area is 103 Å². The van der Waals surface area contributed by atoms with Gasteiger partial charge in [-0.25, -0.2) is 0 Å².